The lowest BCUT2D eigenvalue weighted by Gasteiger charge is -2.17. The summed E-state index contributed by atoms with van der Waals surface area (Å²) in [6, 6.07) is 8.06. The summed E-state index contributed by atoms with van der Waals surface area (Å²) in [6.45, 7) is 5.19. The Hall–Kier alpha value is -0.230. The number of aliphatic hydroxyl groups is 1. The molecule has 0 saturated heterocycles. The van der Waals surface area contributed by atoms with E-state index < -0.39 is 6.10 Å². The zero-order valence-electron chi connectivity index (χ0n) is 12.1. The van der Waals surface area contributed by atoms with Crippen LogP contribution < -0.4 is 10.1 Å². The average molecular weight is 362 g/mol. The first-order valence-corrected chi connectivity index (χ1v) is 8.94. The van der Waals surface area contributed by atoms with Crippen molar-refractivity contribution in [3.63, 3.8) is 0 Å². The summed E-state index contributed by atoms with van der Waals surface area (Å²) < 4.78 is 6.53. The second-order valence-corrected chi connectivity index (χ2v) is 7.03. The molecule has 0 amide bonds. The minimum atomic E-state index is -0.491. The maximum atomic E-state index is 9.90. The van der Waals surface area contributed by atoms with Gasteiger partial charge >= 0.3 is 0 Å². The van der Waals surface area contributed by atoms with E-state index in [-0.39, 0.29) is 0 Å². The quantitative estimate of drug-likeness (QED) is 0.627. The van der Waals surface area contributed by atoms with E-state index in [1.807, 2.05) is 36.0 Å². The topological polar surface area (TPSA) is 41.5 Å². The number of benzene rings is 1. The molecule has 0 aromatic heterocycles. The van der Waals surface area contributed by atoms with Crippen molar-refractivity contribution in [2.75, 3.05) is 24.7 Å². The fraction of sp³-hybridized carbons (Fsp3) is 0.600. The van der Waals surface area contributed by atoms with Gasteiger partial charge in [0.15, 0.2) is 0 Å². The van der Waals surface area contributed by atoms with E-state index in [9.17, 15) is 5.11 Å². The van der Waals surface area contributed by atoms with Gasteiger partial charge in [-0.2, -0.15) is 11.8 Å². The SMILES string of the molecule is CCSCCC(C)NCC(O)COc1cccc(Br)c1. The number of nitrogens with one attached hydrogen (secondary N) is 1. The van der Waals surface area contributed by atoms with E-state index in [1.165, 1.54) is 0 Å². The Morgan fingerprint density at radius 2 is 2.25 bits per heavy atom. The number of ether oxygens (including phenoxy) is 1. The van der Waals surface area contributed by atoms with Gasteiger partial charge in [-0.15, -0.1) is 0 Å². The summed E-state index contributed by atoms with van der Waals surface area (Å²) in [6.07, 6.45) is 0.632. The van der Waals surface area contributed by atoms with Gasteiger partial charge in [0, 0.05) is 17.1 Å². The van der Waals surface area contributed by atoms with Gasteiger partial charge in [-0.3, -0.25) is 0 Å². The third-order valence-corrected chi connectivity index (χ3v) is 4.27. The molecule has 1 aromatic carbocycles. The summed E-state index contributed by atoms with van der Waals surface area (Å²) in [4.78, 5) is 0. The fourth-order valence-electron chi connectivity index (χ4n) is 1.65. The van der Waals surface area contributed by atoms with Crippen molar-refractivity contribution >= 4 is 27.7 Å². The molecule has 114 valence electrons. The minimum absolute atomic E-state index is 0.305. The normalized spacial score (nSPS) is 14.0. The van der Waals surface area contributed by atoms with Crippen molar-refractivity contribution in [1.29, 1.82) is 0 Å². The Bertz CT molecular complexity index is 379. The molecule has 0 aliphatic rings. The van der Waals surface area contributed by atoms with Crippen LogP contribution in [0, 0.1) is 0 Å². The van der Waals surface area contributed by atoms with Gasteiger partial charge in [-0.1, -0.05) is 28.9 Å². The molecule has 1 aromatic rings. The molecule has 0 aliphatic heterocycles. The maximum absolute atomic E-state index is 9.90. The van der Waals surface area contributed by atoms with Gasteiger partial charge in [-0.25, -0.2) is 0 Å². The first-order chi connectivity index (χ1) is 9.61. The highest BCUT2D eigenvalue weighted by atomic mass is 79.9. The summed E-state index contributed by atoms with van der Waals surface area (Å²) in [5, 5.41) is 13.2. The molecular weight excluding hydrogens is 338 g/mol. The van der Waals surface area contributed by atoms with Gasteiger partial charge in [0.05, 0.1) is 0 Å². The maximum Gasteiger partial charge on any atom is 0.120 e. The van der Waals surface area contributed by atoms with Crippen molar-refractivity contribution in [2.24, 2.45) is 0 Å². The Labute approximate surface area is 134 Å². The third kappa shape index (κ3) is 8.15. The van der Waals surface area contributed by atoms with Crippen molar-refractivity contribution in [3.05, 3.63) is 28.7 Å². The van der Waals surface area contributed by atoms with E-state index >= 15 is 0 Å². The number of hydrogen-bond donors (Lipinski definition) is 2. The molecule has 2 unspecified atom stereocenters. The summed E-state index contributed by atoms with van der Waals surface area (Å²) >= 11 is 5.34. The molecule has 2 N–H and O–H groups in total. The van der Waals surface area contributed by atoms with E-state index in [0.29, 0.717) is 19.2 Å². The minimum Gasteiger partial charge on any atom is -0.491 e. The zero-order chi connectivity index (χ0) is 14.8. The molecule has 0 bridgehead atoms. The predicted octanol–water partition coefficient (Wildman–Crippen LogP) is 3.31. The molecule has 0 heterocycles. The number of thioether (sulfide) groups is 1. The Morgan fingerprint density at radius 1 is 1.45 bits per heavy atom. The molecule has 2 atom stereocenters. The number of aliphatic hydroxyl groups excluding tert-OH is 1. The van der Waals surface area contributed by atoms with Crippen LogP contribution in [0.15, 0.2) is 28.7 Å². The van der Waals surface area contributed by atoms with Gasteiger partial charge in [-0.05, 0) is 43.0 Å². The van der Waals surface area contributed by atoms with Crippen molar-refractivity contribution in [3.8, 4) is 5.75 Å². The van der Waals surface area contributed by atoms with Crippen LogP contribution in [-0.4, -0.2) is 41.9 Å². The van der Waals surface area contributed by atoms with E-state index in [1.54, 1.807) is 0 Å². The molecule has 1 rings (SSSR count). The van der Waals surface area contributed by atoms with Crippen molar-refractivity contribution < 1.29 is 9.84 Å². The van der Waals surface area contributed by atoms with Crippen LogP contribution >= 0.6 is 27.7 Å². The van der Waals surface area contributed by atoms with Crippen LogP contribution in [0.1, 0.15) is 20.3 Å². The molecule has 0 saturated carbocycles. The van der Waals surface area contributed by atoms with Crippen LogP contribution in [0.4, 0.5) is 0 Å². The van der Waals surface area contributed by atoms with E-state index in [2.05, 4.69) is 35.1 Å². The van der Waals surface area contributed by atoms with Gasteiger partial charge in [0.25, 0.3) is 0 Å². The smallest absolute Gasteiger partial charge is 0.120 e. The summed E-state index contributed by atoms with van der Waals surface area (Å²) in [5.74, 6) is 3.09. The van der Waals surface area contributed by atoms with Crippen LogP contribution in [-0.2, 0) is 0 Å². The Kier molecular flexibility index (Phi) is 9.35. The van der Waals surface area contributed by atoms with Crippen LogP contribution in [0.25, 0.3) is 0 Å². The zero-order valence-corrected chi connectivity index (χ0v) is 14.5. The van der Waals surface area contributed by atoms with Crippen molar-refractivity contribution in [1.82, 2.24) is 5.32 Å². The molecule has 0 radical (unpaired) electrons. The fourth-order valence-corrected chi connectivity index (χ4v) is 2.84. The van der Waals surface area contributed by atoms with Crippen molar-refractivity contribution in [2.45, 2.75) is 32.4 Å². The number of hydrogen-bond acceptors (Lipinski definition) is 4. The first kappa shape index (κ1) is 17.8. The molecule has 3 nitrogen and oxygen atoms in total. The predicted molar refractivity (Wildman–Crippen MR) is 90.7 cm³/mol. The molecule has 20 heavy (non-hydrogen) atoms. The molecular formula is C15H24BrNO2S. The van der Waals surface area contributed by atoms with Gasteiger partial charge in [0.1, 0.15) is 18.5 Å². The second kappa shape index (κ2) is 10.5. The van der Waals surface area contributed by atoms with Gasteiger partial charge < -0.3 is 15.2 Å². The van der Waals surface area contributed by atoms with Crippen LogP contribution in [0.5, 0.6) is 5.75 Å². The number of rotatable bonds is 10. The first-order valence-electron chi connectivity index (χ1n) is 6.99. The molecule has 0 fully saturated rings. The van der Waals surface area contributed by atoms with E-state index in [4.69, 9.17) is 4.74 Å². The Balaban J connectivity index is 2.15. The Morgan fingerprint density at radius 3 is 2.95 bits per heavy atom. The molecule has 0 spiro atoms. The second-order valence-electron chi connectivity index (χ2n) is 4.72. The largest absolute Gasteiger partial charge is 0.491 e. The summed E-state index contributed by atoms with van der Waals surface area (Å²) in [7, 11) is 0. The molecule has 5 heteroatoms. The highest BCUT2D eigenvalue weighted by Gasteiger charge is 2.08. The lowest BCUT2D eigenvalue weighted by atomic mass is 10.2. The highest BCUT2D eigenvalue weighted by Crippen LogP contribution is 2.17. The standard InChI is InChI=1S/C15H24BrNO2S/c1-3-20-8-7-12(2)17-10-14(18)11-19-15-6-4-5-13(16)9-15/h4-6,9,12,14,17-18H,3,7-8,10-11H2,1-2H3. The lowest BCUT2D eigenvalue weighted by molar-refractivity contribution is 0.104. The number of halogens is 1. The lowest BCUT2D eigenvalue weighted by Crippen LogP contribution is -2.36. The van der Waals surface area contributed by atoms with Crippen LogP contribution in [0.3, 0.4) is 0 Å². The summed E-state index contributed by atoms with van der Waals surface area (Å²) in [5.41, 5.74) is 0. The average Bonchev–Trinajstić information content (AvgIpc) is 2.43. The van der Waals surface area contributed by atoms with Gasteiger partial charge in [0.2, 0.25) is 0 Å². The highest BCUT2D eigenvalue weighted by molar-refractivity contribution is 9.10. The molecule has 0 aliphatic carbocycles. The third-order valence-electron chi connectivity index (χ3n) is 2.84. The van der Waals surface area contributed by atoms with E-state index in [0.717, 1.165) is 28.1 Å². The van der Waals surface area contributed by atoms with Crippen LogP contribution in [0.2, 0.25) is 0 Å². The monoisotopic (exact) mass is 361 g/mol.